The average Bonchev–Trinajstić information content (AvgIpc) is 3.93. The van der Waals surface area contributed by atoms with Crippen molar-refractivity contribution in [1.29, 1.82) is 0 Å². The van der Waals surface area contributed by atoms with Crippen molar-refractivity contribution in [2.75, 3.05) is 9.80 Å². The predicted octanol–water partition coefficient (Wildman–Crippen LogP) is 12.4. The molecule has 0 radical (unpaired) electrons. The SMILES string of the molecule is C1=CC[C@@H](N2c3ccc(-c4nc(-c5ccccc5)nc(-n5c6ccccc6c6c7c(ccc65)[C@H]5CCCCC5N7C5CCCCC5)n4)cc3C3CCCCC32)CC1. The zero-order valence-corrected chi connectivity index (χ0v) is 33.2. The Balaban J connectivity index is 1.05. The Labute approximate surface area is 337 Å². The number of anilines is 2. The summed E-state index contributed by atoms with van der Waals surface area (Å²) in [6.07, 6.45) is 25.6. The molecule has 6 aliphatic rings. The van der Waals surface area contributed by atoms with Crippen LogP contribution < -0.4 is 9.80 Å². The number of rotatable bonds is 5. The van der Waals surface area contributed by atoms with Gasteiger partial charge in [-0.1, -0.05) is 112 Å². The lowest BCUT2D eigenvalue weighted by molar-refractivity contribution is 0.331. The van der Waals surface area contributed by atoms with Crippen LogP contribution >= 0.6 is 0 Å². The van der Waals surface area contributed by atoms with Gasteiger partial charge in [0.1, 0.15) is 0 Å². The van der Waals surface area contributed by atoms with Crippen molar-refractivity contribution >= 4 is 33.2 Å². The fourth-order valence-corrected chi connectivity index (χ4v) is 12.7. The maximum absolute atomic E-state index is 5.49. The maximum Gasteiger partial charge on any atom is 0.238 e. The van der Waals surface area contributed by atoms with Crippen LogP contribution in [0.15, 0.2) is 97.1 Å². The van der Waals surface area contributed by atoms with E-state index in [1.807, 2.05) is 0 Å². The van der Waals surface area contributed by atoms with Crippen LogP contribution in [0, 0.1) is 0 Å². The molecule has 57 heavy (non-hydrogen) atoms. The molecule has 6 heteroatoms. The maximum atomic E-state index is 5.49. The number of benzene rings is 4. The Kier molecular flexibility index (Phi) is 8.29. The fraction of sp³-hybridized carbons (Fsp3) is 0.431. The number of fused-ring (bicyclic) bond motifs is 10. The monoisotopic (exact) mass is 750 g/mol. The normalized spacial score (nSPS) is 25.8. The molecular formula is C51H54N6. The van der Waals surface area contributed by atoms with Crippen molar-refractivity contribution in [2.45, 2.75) is 139 Å². The Hall–Kier alpha value is -4.97. The average molecular weight is 751 g/mol. The van der Waals surface area contributed by atoms with Gasteiger partial charge in [-0.15, -0.1) is 0 Å². The summed E-state index contributed by atoms with van der Waals surface area (Å²) in [5, 5.41) is 2.70. The highest BCUT2D eigenvalue weighted by Gasteiger charge is 2.45. The number of hydrogen-bond donors (Lipinski definition) is 0. The van der Waals surface area contributed by atoms with E-state index in [4.69, 9.17) is 15.0 Å². The van der Waals surface area contributed by atoms with E-state index in [9.17, 15) is 0 Å². The molecule has 6 aromatic rings. The zero-order valence-electron chi connectivity index (χ0n) is 33.2. The standard InChI is InChI=1S/C51H54N6/c1-4-16-33(17-5-1)49-52-50(34-28-30-45-41(32-34)38-23-11-13-25-42(38)55(45)35-18-6-2-7-19-35)54-51(53-49)57-44-27-15-12-24-40(44)47-46(57)31-29-39-37-22-10-14-26-43(37)56(48(39)47)36-20-8-3-9-21-36/h1-2,4-6,12,15-17,24,27-32,35-38,42-43H,3,7-11,13-14,18-23,25-26H2/t35-,37-,38?,42?,43?/m1/s1. The van der Waals surface area contributed by atoms with Gasteiger partial charge in [0, 0.05) is 63.6 Å². The van der Waals surface area contributed by atoms with Crippen molar-refractivity contribution in [2.24, 2.45) is 0 Å². The van der Waals surface area contributed by atoms with Gasteiger partial charge in [-0.2, -0.15) is 9.97 Å². The summed E-state index contributed by atoms with van der Waals surface area (Å²) in [5.74, 6) is 3.39. The summed E-state index contributed by atoms with van der Waals surface area (Å²) in [6, 6.07) is 34.1. The minimum Gasteiger partial charge on any atom is -0.364 e. The number of nitrogens with zero attached hydrogens (tertiary/aromatic N) is 6. The fourth-order valence-electron chi connectivity index (χ4n) is 12.7. The lowest BCUT2D eigenvalue weighted by Gasteiger charge is -2.41. The van der Waals surface area contributed by atoms with E-state index in [0.29, 0.717) is 42.0 Å². The number of allylic oxidation sites excluding steroid dienone is 1. The van der Waals surface area contributed by atoms with E-state index >= 15 is 0 Å². The van der Waals surface area contributed by atoms with Crippen molar-refractivity contribution in [3.63, 3.8) is 0 Å². The summed E-state index contributed by atoms with van der Waals surface area (Å²) < 4.78 is 2.37. The van der Waals surface area contributed by atoms with Crippen molar-refractivity contribution in [3.05, 3.63) is 108 Å². The third-order valence-electron chi connectivity index (χ3n) is 15.1. The van der Waals surface area contributed by atoms with Crippen LogP contribution in [-0.2, 0) is 0 Å². The summed E-state index contributed by atoms with van der Waals surface area (Å²) in [6.45, 7) is 0. The van der Waals surface area contributed by atoms with Crippen molar-refractivity contribution in [1.82, 2.24) is 19.5 Å². The Morgan fingerprint density at radius 2 is 1.23 bits per heavy atom. The van der Waals surface area contributed by atoms with Gasteiger partial charge in [0.05, 0.1) is 16.7 Å². The highest BCUT2D eigenvalue weighted by molar-refractivity contribution is 6.16. The molecular weight excluding hydrogens is 697 g/mol. The smallest absolute Gasteiger partial charge is 0.238 e. The van der Waals surface area contributed by atoms with Crippen molar-refractivity contribution in [3.8, 4) is 28.7 Å². The number of aromatic nitrogens is 4. The minimum atomic E-state index is 0.574. The van der Waals surface area contributed by atoms with Crippen molar-refractivity contribution < 1.29 is 0 Å². The summed E-state index contributed by atoms with van der Waals surface area (Å²) in [4.78, 5) is 22.0. The Morgan fingerprint density at radius 3 is 2.04 bits per heavy atom. The summed E-state index contributed by atoms with van der Waals surface area (Å²) in [7, 11) is 0. The van der Waals surface area contributed by atoms with Crippen LogP contribution in [0.1, 0.15) is 126 Å². The first kappa shape index (κ1) is 34.1. The van der Waals surface area contributed by atoms with Crippen LogP contribution in [0.3, 0.4) is 0 Å². The Bertz CT molecular complexity index is 2510. The molecule has 0 spiro atoms. The predicted molar refractivity (Wildman–Crippen MR) is 234 cm³/mol. The largest absolute Gasteiger partial charge is 0.364 e. The highest BCUT2D eigenvalue weighted by atomic mass is 15.2. The molecule has 3 fully saturated rings. The molecule has 4 aliphatic carbocycles. The van der Waals surface area contributed by atoms with Crippen LogP contribution in [0.5, 0.6) is 0 Å². The quantitative estimate of drug-likeness (QED) is 0.164. The van der Waals surface area contributed by atoms with E-state index in [1.165, 1.54) is 135 Å². The van der Waals surface area contributed by atoms with E-state index in [1.54, 1.807) is 5.56 Å². The topological polar surface area (TPSA) is 50.1 Å². The molecule has 3 saturated carbocycles. The van der Waals surface area contributed by atoms with E-state index in [2.05, 4.69) is 111 Å². The van der Waals surface area contributed by atoms with Gasteiger partial charge in [-0.25, -0.2) is 4.98 Å². The lowest BCUT2D eigenvalue weighted by atomic mass is 9.81. The first-order valence-electron chi connectivity index (χ1n) is 22.5. The lowest BCUT2D eigenvalue weighted by Crippen LogP contribution is -2.44. The number of para-hydroxylation sites is 1. The highest BCUT2D eigenvalue weighted by Crippen LogP contribution is 2.55. The zero-order chi connectivity index (χ0) is 37.5. The Morgan fingerprint density at radius 1 is 0.509 bits per heavy atom. The summed E-state index contributed by atoms with van der Waals surface area (Å²) >= 11 is 0. The molecule has 2 aliphatic heterocycles. The molecule has 0 amide bonds. The van der Waals surface area contributed by atoms with E-state index in [0.717, 1.165) is 29.2 Å². The van der Waals surface area contributed by atoms with Crippen LogP contribution in [0.4, 0.5) is 11.4 Å². The third-order valence-corrected chi connectivity index (χ3v) is 15.1. The van der Waals surface area contributed by atoms with Gasteiger partial charge in [-0.3, -0.25) is 4.57 Å². The second-order valence-electron chi connectivity index (χ2n) is 18.1. The van der Waals surface area contributed by atoms with Gasteiger partial charge in [0.25, 0.3) is 0 Å². The van der Waals surface area contributed by atoms with Gasteiger partial charge < -0.3 is 9.80 Å². The van der Waals surface area contributed by atoms with Gasteiger partial charge in [0.15, 0.2) is 11.6 Å². The first-order valence-corrected chi connectivity index (χ1v) is 22.5. The molecule has 5 atom stereocenters. The van der Waals surface area contributed by atoms with Crippen LogP contribution in [-0.4, -0.2) is 43.7 Å². The van der Waals surface area contributed by atoms with Gasteiger partial charge >= 0.3 is 0 Å². The van der Waals surface area contributed by atoms with Gasteiger partial charge in [-0.05, 0) is 99.2 Å². The molecule has 6 nitrogen and oxygen atoms in total. The number of hydrogen-bond acceptors (Lipinski definition) is 5. The molecule has 288 valence electrons. The first-order chi connectivity index (χ1) is 28.3. The second kappa shape index (κ2) is 13.9. The molecule has 2 aromatic heterocycles. The van der Waals surface area contributed by atoms with E-state index < -0.39 is 0 Å². The van der Waals surface area contributed by atoms with E-state index in [-0.39, 0.29) is 0 Å². The molecule has 0 saturated heterocycles. The third kappa shape index (κ3) is 5.45. The van der Waals surface area contributed by atoms with Crippen LogP contribution in [0.2, 0.25) is 0 Å². The molecule has 3 unspecified atom stereocenters. The molecule has 12 rings (SSSR count). The molecule has 0 N–H and O–H groups in total. The van der Waals surface area contributed by atoms with Gasteiger partial charge in [0.2, 0.25) is 5.95 Å². The summed E-state index contributed by atoms with van der Waals surface area (Å²) in [5.41, 5.74) is 10.6. The molecule has 0 bridgehead atoms. The minimum absolute atomic E-state index is 0.574. The second-order valence-corrected chi connectivity index (χ2v) is 18.1. The van der Waals surface area contributed by atoms with Crippen LogP contribution in [0.25, 0.3) is 50.5 Å². The molecule has 4 aromatic carbocycles. The molecule has 4 heterocycles.